The molecule has 37 heavy (non-hydrogen) atoms. The summed E-state index contributed by atoms with van der Waals surface area (Å²) in [6.45, 7) is 1.94. The number of fused-ring (bicyclic) bond motifs is 1. The van der Waals surface area contributed by atoms with E-state index in [1.165, 1.54) is 36.5 Å². The fourth-order valence-corrected chi connectivity index (χ4v) is 4.99. The van der Waals surface area contributed by atoms with Gasteiger partial charge in [-0.1, -0.05) is 12.1 Å². The highest BCUT2D eigenvalue weighted by Gasteiger charge is 2.56. The summed E-state index contributed by atoms with van der Waals surface area (Å²) < 4.78 is 43.7. The number of ether oxygens (including phenoxy) is 1. The molecule has 10 nitrogen and oxygen atoms in total. The zero-order valence-corrected chi connectivity index (χ0v) is 20.5. The van der Waals surface area contributed by atoms with Gasteiger partial charge < -0.3 is 24.8 Å². The van der Waals surface area contributed by atoms with Gasteiger partial charge in [-0.25, -0.2) is 4.98 Å². The average Bonchev–Trinajstić information content (AvgIpc) is 3.12. The number of likely N-dealkylation sites (tertiary alicyclic amines) is 1. The van der Waals surface area contributed by atoms with Crippen molar-refractivity contribution in [3.8, 4) is 5.75 Å². The molecule has 1 saturated heterocycles. The first-order valence-electron chi connectivity index (χ1n) is 11.8. The Bertz CT molecular complexity index is 1160. The molecular formula is C24H29F3N6O4. The summed E-state index contributed by atoms with van der Waals surface area (Å²) >= 11 is 0. The number of imidazole rings is 1. The number of likely N-dealkylation sites (N-methyl/N-ethyl adjacent to an activating group) is 1. The molecule has 1 aromatic heterocycles. The fourth-order valence-electron chi connectivity index (χ4n) is 4.99. The van der Waals surface area contributed by atoms with Crippen LogP contribution in [0.1, 0.15) is 16.1 Å². The Morgan fingerprint density at radius 3 is 2.51 bits per heavy atom. The van der Waals surface area contributed by atoms with Crippen molar-refractivity contribution in [1.82, 2.24) is 24.3 Å². The van der Waals surface area contributed by atoms with Crippen LogP contribution < -0.4 is 10.5 Å². The maximum atomic E-state index is 13.3. The van der Waals surface area contributed by atoms with E-state index in [0.29, 0.717) is 37.0 Å². The third kappa shape index (κ3) is 6.79. The van der Waals surface area contributed by atoms with Crippen LogP contribution in [-0.2, 0) is 23.2 Å². The van der Waals surface area contributed by atoms with Gasteiger partial charge in [0.2, 0.25) is 11.8 Å². The topological polar surface area (TPSA) is 114 Å². The van der Waals surface area contributed by atoms with Crippen LogP contribution in [-0.4, -0.2) is 88.1 Å². The summed E-state index contributed by atoms with van der Waals surface area (Å²) in [5.41, 5.74) is 5.90. The van der Waals surface area contributed by atoms with Crippen LogP contribution in [0.3, 0.4) is 0 Å². The number of carbonyl (C=O) groups is 3. The standard InChI is InChI=1S/C24H29F3N6O4/c1-30-11-20(29-14-30)23(36)33(7-15-4-3-5-16(6-15)37-24(25,26)27)10-19-17-8-32(9-18(17)19)13-22(35)31(2)12-21(28)34/h3-6,11,14,17-19H,7-10,12-13H2,1-2H3,(H2,28,34). The Labute approximate surface area is 211 Å². The van der Waals surface area contributed by atoms with Gasteiger partial charge in [0, 0.05) is 46.5 Å². The molecule has 2 N–H and O–H groups in total. The quantitative estimate of drug-likeness (QED) is 0.500. The third-order valence-electron chi connectivity index (χ3n) is 6.77. The van der Waals surface area contributed by atoms with Crippen LogP contribution in [0.2, 0.25) is 0 Å². The van der Waals surface area contributed by atoms with E-state index < -0.39 is 12.3 Å². The second-order valence-corrected chi connectivity index (χ2v) is 9.71. The van der Waals surface area contributed by atoms with E-state index in [2.05, 4.69) is 9.72 Å². The number of piperidine rings is 1. The van der Waals surface area contributed by atoms with Crippen LogP contribution in [0.5, 0.6) is 5.75 Å². The lowest BCUT2D eigenvalue weighted by molar-refractivity contribution is -0.274. The van der Waals surface area contributed by atoms with E-state index >= 15 is 0 Å². The van der Waals surface area contributed by atoms with Crippen molar-refractivity contribution in [3.63, 3.8) is 0 Å². The van der Waals surface area contributed by atoms with Gasteiger partial charge in [-0.2, -0.15) is 0 Å². The number of rotatable bonds is 10. The van der Waals surface area contributed by atoms with Gasteiger partial charge in [0.25, 0.3) is 5.91 Å². The minimum absolute atomic E-state index is 0.0977. The molecule has 1 aromatic carbocycles. The number of primary amides is 1. The number of halogens is 3. The lowest BCUT2D eigenvalue weighted by Crippen LogP contribution is -2.42. The lowest BCUT2D eigenvalue weighted by Gasteiger charge is -2.26. The van der Waals surface area contributed by atoms with Gasteiger partial charge in [-0.3, -0.25) is 19.3 Å². The highest BCUT2D eigenvalue weighted by atomic mass is 19.4. The molecule has 1 saturated carbocycles. The van der Waals surface area contributed by atoms with Crippen LogP contribution in [0.15, 0.2) is 36.8 Å². The number of amides is 3. The van der Waals surface area contributed by atoms with Crippen LogP contribution in [0.25, 0.3) is 0 Å². The first kappa shape index (κ1) is 26.5. The number of aryl methyl sites for hydroxylation is 1. The van der Waals surface area contributed by atoms with Crippen LogP contribution in [0, 0.1) is 17.8 Å². The number of hydrogen-bond donors (Lipinski definition) is 1. The lowest BCUT2D eigenvalue weighted by atomic mass is 10.1. The number of carbonyl (C=O) groups excluding carboxylic acids is 3. The number of nitrogens with zero attached hydrogens (tertiary/aromatic N) is 5. The fraction of sp³-hybridized carbons (Fsp3) is 0.500. The number of aromatic nitrogens is 2. The molecule has 0 bridgehead atoms. The van der Waals surface area contributed by atoms with E-state index in [0.717, 1.165) is 0 Å². The van der Waals surface area contributed by atoms with E-state index in [9.17, 15) is 27.6 Å². The van der Waals surface area contributed by atoms with Gasteiger partial charge in [0.05, 0.1) is 19.4 Å². The molecule has 0 radical (unpaired) electrons. The Kier molecular flexibility index (Phi) is 7.44. The third-order valence-corrected chi connectivity index (χ3v) is 6.77. The first-order chi connectivity index (χ1) is 17.4. The van der Waals surface area contributed by atoms with E-state index in [-0.39, 0.29) is 48.8 Å². The Balaban J connectivity index is 1.40. The Morgan fingerprint density at radius 2 is 1.92 bits per heavy atom. The molecule has 1 aliphatic carbocycles. The number of alkyl halides is 3. The van der Waals surface area contributed by atoms with Crippen molar-refractivity contribution in [2.75, 3.05) is 39.8 Å². The van der Waals surface area contributed by atoms with E-state index in [1.807, 2.05) is 4.90 Å². The molecule has 0 spiro atoms. The van der Waals surface area contributed by atoms with Gasteiger partial charge in [-0.05, 0) is 35.4 Å². The predicted molar refractivity (Wildman–Crippen MR) is 125 cm³/mol. The summed E-state index contributed by atoms with van der Waals surface area (Å²) in [5, 5.41) is 0. The second kappa shape index (κ2) is 10.4. The summed E-state index contributed by atoms with van der Waals surface area (Å²) in [4.78, 5) is 45.7. The van der Waals surface area contributed by atoms with Gasteiger partial charge in [0.15, 0.2) is 0 Å². The SMILES string of the molecule is CN(CC(N)=O)C(=O)CN1CC2C(C1)C2CN(Cc1cccc(OC(F)(F)F)c1)C(=O)c1cn(C)cn1. The predicted octanol–water partition coefficient (Wildman–Crippen LogP) is 1.08. The molecule has 2 unspecified atom stereocenters. The molecule has 1 aliphatic heterocycles. The van der Waals surface area contributed by atoms with Crippen molar-refractivity contribution in [2.45, 2.75) is 12.9 Å². The minimum Gasteiger partial charge on any atom is -0.406 e. The minimum atomic E-state index is -4.81. The molecule has 2 heterocycles. The molecule has 13 heteroatoms. The van der Waals surface area contributed by atoms with Crippen molar-refractivity contribution < 1.29 is 32.3 Å². The molecule has 2 aliphatic rings. The Hall–Kier alpha value is -3.61. The van der Waals surface area contributed by atoms with Crippen molar-refractivity contribution >= 4 is 17.7 Å². The summed E-state index contributed by atoms with van der Waals surface area (Å²) in [5.74, 6) is -0.621. The molecule has 3 amide bonds. The summed E-state index contributed by atoms with van der Waals surface area (Å²) in [6, 6.07) is 5.58. The molecule has 4 rings (SSSR count). The molecular weight excluding hydrogens is 493 g/mol. The van der Waals surface area contributed by atoms with Crippen LogP contribution >= 0.6 is 0 Å². The van der Waals surface area contributed by atoms with Crippen molar-refractivity contribution in [1.29, 1.82) is 0 Å². The zero-order chi connectivity index (χ0) is 26.9. The molecule has 2 aromatic rings. The number of hydrogen-bond acceptors (Lipinski definition) is 6. The van der Waals surface area contributed by atoms with E-state index in [4.69, 9.17) is 5.73 Å². The van der Waals surface area contributed by atoms with Crippen molar-refractivity contribution in [2.24, 2.45) is 30.5 Å². The molecule has 2 atom stereocenters. The van der Waals surface area contributed by atoms with Crippen LogP contribution in [0.4, 0.5) is 13.2 Å². The van der Waals surface area contributed by atoms with Gasteiger partial charge in [0.1, 0.15) is 11.4 Å². The first-order valence-corrected chi connectivity index (χ1v) is 11.8. The maximum Gasteiger partial charge on any atom is 0.573 e. The second-order valence-electron chi connectivity index (χ2n) is 9.71. The highest BCUT2D eigenvalue weighted by molar-refractivity contribution is 5.92. The van der Waals surface area contributed by atoms with Gasteiger partial charge >= 0.3 is 6.36 Å². The molecule has 2 fully saturated rings. The summed E-state index contributed by atoms with van der Waals surface area (Å²) in [7, 11) is 3.27. The Morgan fingerprint density at radius 1 is 1.22 bits per heavy atom. The largest absolute Gasteiger partial charge is 0.573 e. The average molecular weight is 523 g/mol. The maximum absolute atomic E-state index is 13.3. The number of nitrogens with two attached hydrogens (primary N) is 1. The smallest absolute Gasteiger partial charge is 0.406 e. The van der Waals surface area contributed by atoms with Gasteiger partial charge in [-0.15, -0.1) is 13.2 Å². The number of benzene rings is 1. The monoisotopic (exact) mass is 522 g/mol. The summed E-state index contributed by atoms with van der Waals surface area (Å²) in [6.07, 6.45) is -1.70. The zero-order valence-electron chi connectivity index (χ0n) is 20.5. The highest BCUT2D eigenvalue weighted by Crippen LogP contribution is 2.52. The van der Waals surface area contributed by atoms with E-state index in [1.54, 1.807) is 28.8 Å². The van der Waals surface area contributed by atoms with Crippen molar-refractivity contribution in [3.05, 3.63) is 48.0 Å². The molecule has 200 valence electrons. The normalized spacial score (nSPS) is 20.8.